The molecule has 526 valence electrons. The second-order valence-corrected chi connectivity index (χ2v) is 22.5. The van der Waals surface area contributed by atoms with E-state index < -0.39 is 61.9 Å². The summed E-state index contributed by atoms with van der Waals surface area (Å²) in [5.41, 5.74) is 10.8. The third kappa shape index (κ3) is 27.6. The van der Waals surface area contributed by atoms with Crippen LogP contribution in [-0.2, 0) is 31.8 Å². The molecule has 0 unspecified atom stereocenters. The number of halogens is 7. The standard InChI is InChI=1S/C13H10Cl2N2O3.C12H8Cl2N2O3.C10H20N2O2.C7H3Cl3O.C5H5N3O4.C5H7N3O2.C4H3N3O4.Na.H2O/c1-20-13(19)12-7(6-16-17-12)5-10(18)11-8(14)3-2-4-9(11)15;13-7-2-1-3-8(14)10(7)9(17)4-6-5-15-16-11(6)12(18)19;1-10(2,3)14-9(13)12-6-4-8(11)5-7-12;8-4-2-1-3-5(9)6(4)7(10)11;1-12-5(9)4-3(8(10)11)2-6-7-4;1-10-5(9)4-3(6)2-7-8-4;8-4(9)3-2(7(10)11)1-5-6-3;;/h2-4,6H,5H2,1H3,(H,16,17);1-3,5H,4H2,(H,15,16)(H,18,19);8H,4-7,11H2,1-3H3;1-3H;2H,1H3,(H,6,7);2H,6H2,1H3,(H,7,8);1H,(H,5,6)(H,8,9);;1H2/q;;;;;;;+1;/p-1. The first kappa shape index (κ1) is 87.9. The van der Waals surface area contributed by atoms with E-state index in [0.717, 1.165) is 45.4 Å². The summed E-state index contributed by atoms with van der Waals surface area (Å²) in [4.78, 5) is 121. The number of carboxylic acid groups (broad SMARTS) is 2. The first-order valence-corrected chi connectivity index (χ1v) is 29.5. The maximum Gasteiger partial charge on any atom is 1.00 e. The Morgan fingerprint density at radius 2 is 0.879 bits per heavy atom. The number of aromatic amines is 5. The van der Waals surface area contributed by atoms with Crippen LogP contribution in [0.4, 0.5) is 21.9 Å². The van der Waals surface area contributed by atoms with Crippen molar-refractivity contribution in [2.45, 2.75) is 58.1 Å². The number of benzene rings is 3. The molecule has 8 aromatic rings. The number of ether oxygens (including phenoxy) is 4. The summed E-state index contributed by atoms with van der Waals surface area (Å²) in [7, 11) is 3.66. The predicted octanol–water partition coefficient (Wildman–Crippen LogP) is 7.21. The van der Waals surface area contributed by atoms with Crippen LogP contribution in [0.25, 0.3) is 0 Å². The van der Waals surface area contributed by atoms with Crippen molar-refractivity contribution in [3.63, 3.8) is 0 Å². The van der Waals surface area contributed by atoms with E-state index in [1.807, 2.05) is 25.9 Å². The van der Waals surface area contributed by atoms with Crippen molar-refractivity contribution < 1.29 is 117 Å². The van der Waals surface area contributed by atoms with Gasteiger partial charge in [-0.25, -0.2) is 28.8 Å². The number of hydrogen-bond acceptors (Lipinski definition) is 25. The zero-order chi connectivity index (χ0) is 73.0. The Hall–Kier alpha value is -9.11. The molecule has 12 N–H and O–H groups in total. The Bertz CT molecular complexity index is 4020. The largest absolute Gasteiger partial charge is 1.00 e. The number of amides is 1. The van der Waals surface area contributed by atoms with Crippen molar-refractivity contribution >= 4 is 151 Å². The Kier molecular flexibility index (Phi) is 37.9. The molecule has 99 heavy (non-hydrogen) atoms. The van der Waals surface area contributed by atoms with Gasteiger partial charge in [-0.3, -0.25) is 60.1 Å². The minimum Gasteiger partial charge on any atom is -0.870 e. The van der Waals surface area contributed by atoms with E-state index in [4.69, 9.17) is 108 Å². The number of carbonyl (C=O) groups excluding carboxylic acids is 7. The maximum absolute atomic E-state index is 12.3. The summed E-state index contributed by atoms with van der Waals surface area (Å²) in [6.07, 6.45) is 7.19. The molecule has 3 aromatic carbocycles. The van der Waals surface area contributed by atoms with E-state index in [-0.39, 0.29) is 152 Å². The minimum atomic E-state index is -1.39. The molecular weight excluding hydrogens is 1470 g/mol. The first-order chi connectivity index (χ1) is 45.6. The van der Waals surface area contributed by atoms with Crippen LogP contribution in [0.15, 0.2) is 85.6 Å². The monoisotopic (exact) mass is 1530 g/mol. The van der Waals surface area contributed by atoms with Gasteiger partial charge in [0.2, 0.25) is 11.4 Å². The van der Waals surface area contributed by atoms with Crippen LogP contribution in [0.3, 0.4) is 0 Å². The number of anilines is 1. The van der Waals surface area contributed by atoms with Crippen molar-refractivity contribution in [3.05, 3.63) is 192 Å². The molecule has 1 fully saturated rings. The third-order valence-corrected chi connectivity index (χ3v) is 13.9. The molecule has 9 rings (SSSR count). The molecule has 0 bridgehead atoms. The predicted molar refractivity (Wildman–Crippen MR) is 351 cm³/mol. The Morgan fingerprint density at radius 1 is 0.556 bits per heavy atom. The number of hydrogen-bond donors (Lipinski definition) is 9. The topological polar surface area (TPSA) is 546 Å². The molecule has 0 radical (unpaired) electrons. The zero-order valence-corrected chi connectivity index (χ0v) is 59.9. The molecule has 1 aliphatic heterocycles. The van der Waals surface area contributed by atoms with Gasteiger partial charge < -0.3 is 51.0 Å². The minimum absolute atomic E-state index is 0. The Balaban J connectivity index is 0.000000585. The molecule has 1 amide bonds. The summed E-state index contributed by atoms with van der Waals surface area (Å²) in [5, 5.41) is 67.3. The van der Waals surface area contributed by atoms with Gasteiger partial charge in [-0.15, -0.1) is 0 Å². The number of nitrogens with zero attached hydrogens (tertiary/aromatic N) is 8. The van der Waals surface area contributed by atoms with Crippen molar-refractivity contribution in [1.82, 2.24) is 55.9 Å². The smallest absolute Gasteiger partial charge is 0.870 e. The SMILES string of the molecule is CC(C)(C)OC(=O)N1CCC(N)CC1.COC(=O)c1[nH]ncc1CC(=O)c1c(Cl)cccc1Cl.COC(=O)c1[nH]ncc1N.COC(=O)c1[nH]ncc1[N+](=O)[O-].O=C(Cl)c1c(Cl)cccc1Cl.O=C(O)c1[nH]ncc1CC(=O)c1c(Cl)cccc1Cl.O=C(O)c1[nH]ncc1[N+](=O)[O-].[Na+].[OH-]. The molecule has 1 aliphatic rings. The molecule has 35 nitrogen and oxygen atoms in total. The van der Waals surface area contributed by atoms with Crippen molar-refractivity contribution in [1.29, 1.82) is 0 Å². The van der Waals surface area contributed by atoms with E-state index in [1.54, 1.807) is 59.5 Å². The van der Waals surface area contributed by atoms with Gasteiger partial charge in [-0.2, -0.15) is 25.5 Å². The van der Waals surface area contributed by atoms with E-state index in [0.29, 0.717) is 11.3 Å². The summed E-state index contributed by atoms with van der Waals surface area (Å²) in [5.74, 6) is -5.13. The Labute approximate surface area is 615 Å². The van der Waals surface area contributed by atoms with Gasteiger partial charge >= 0.3 is 76.9 Å². The van der Waals surface area contributed by atoms with Crippen LogP contribution in [0, 0.1) is 20.2 Å². The second-order valence-electron chi connectivity index (χ2n) is 19.7. The number of esters is 3. The molecule has 43 heteroatoms. The average Bonchev–Trinajstić information content (AvgIpc) is 1.65. The molecular formula is C56H57Cl7N15NaO20. The van der Waals surface area contributed by atoms with Crippen LogP contribution in [0.2, 0.25) is 30.1 Å². The van der Waals surface area contributed by atoms with Gasteiger partial charge in [-0.05, 0) is 81.6 Å². The van der Waals surface area contributed by atoms with Crippen molar-refractivity contribution in [3.8, 4) is 0 Å². The Morgan fingerprint density at radius 3 is 1.22 bits per heavy atom. The number of carbonyl (C=O) groups is 9. The fourth-order valence-corrected chi connectivity index (χ4v) is 9.39. The zero-order valence-electron chi connectivity index (χ0n) is 52.6. The molecule has 0 aliphatic carbocycles. The number of nitro groups is 2. The van der Waals surface area contributed by atoms with E-state index >= 15 is 0 Å². The summed E-state index contributed by atoms with van der Waals surface area (Å²) < 4.78 is 18.5. The number of nitrogens with one attached hydrogen (secondary N) is 5. The number of rotatable bonds is 14. The number of carboxylic acids is 2. The third-order valence-electron chi connectivity index (χ3n) is 11.9. The number of aromatic carboxylic acids is 2. The fourth-order valence-electron chi connectivity index (χ4n) is 7.31. The van der Waals surface area contributed by atoms with E-state index in [1.165, 1.54) is 32.8 Å². The summed E-state index contributed by atoms with van der Waals surface area (Å²) in [6, 6.07) is 14.5. The molecule has 0 spiro atoms. The molecule has 5 aromatic heterocycles. The number of H-pyrrole nitrogens is 5. The van der Waals surface area contributed by atoms with Crippen molar-refractivity contribution in [2.24, 2.45) is 5.73 Å². The van der Waals surface area contributed by atoms with E-state index in [2.05, 4.69) is 60.1 Å². The van der Waals surface area contributed by atoms with Crippen LogP contribution in [0.1, 0.15) is 128 Å². The number of aromatic nitrogens is 10. The van der Waals surface area contributed by atoms with Gasteiger partial charge in [0, 0.05) is 43.1 Å². The molecule has 0 atom stereocenters. The molecule has 0 saturated carbocycles. The number of likely N-dealkylation sites (tertiary alicyclic amines) is 1. The maximum atomic E-state index is 12.3. The fraction of sp³-hybridized carbons (Fsp3) is 0.250. The number of methoxy groups -OCH3 is 3. The number of nitrogen functional groups attached to an aromatic ring is 1. The van der Waals surface area contributed by atoms with Crippen LogP contribution < -0.4 is 41.0 Å². The number of piperidine rings is 1. The van der Waals surface area contributed by atoms with Gasteiger partial charge in [0.25, 0.3) is 5.24 Å². The quantitative estimate of drug-likeness (QED) is 0.00987. The molecule has 1 saturated heterocycles. The van der Waals surface area contributed by atoms with Gasteiger partial charge in [0.05, 0.1) is 102 Å². The van der Waals surface area contributed by atoms with Crippen LogP contribution in [0.5, 0.6) is 0 Å². The van der Waals surface area contributed by atoms with Gasteiger partial charge in [0.1, 0.15) is 29.4 Å². The van der Waals surface area contributed by atoms with Gasteiger partial charge in [-0.1, -0.05) is 87.8 Å². The first-order valence-electron chi connectivity index (χ1n) is 26.8. The number of nitrogens with two attached hydrogens (primary N) is 2. The van der Waals surface area contributed by atoms with Crippen LogP contribution in [-0.4, -0.2) is 180 Å². The van der Waals surface area contributed by atoms with E-state index in [9.17, 15) is 63.4 Å². The normalized spacial score (nSPS) is 11.1. The van der Waals surface area contributed by atoms with Crippen LogP contribution >= 0.6 is 81.2 Å². The van der Waals surface area contributed by atoms with Crippen molar-refractivity contribution in [2.75, 3.05) is 40.2 Å². The second kappa shape index (κ2) is 42.6. The molecule has 6 heterocycles. The van der Waals surface area contributed by atoms with Gasteiger partial charge in [0.15, 0.2) is 17.3 Å². The number of ketones is 2. The summed E-state index contributed by atoms with van der Waals surface area (Å²) >= 11 is 40.3. The average molecular weight is 1530 g/mol. The number of Topliss-reactive ketones (excluding diaryl/α,β-unsaturated/α-hetero) is 2. The summed E-state index contributed by atoms with van der Waals surface area (Å²) in [6.45, 7) is 7.06.